The van der Waals surface area contributed by atoms with E-state index in [0.29, 0.717) is 12.8 Å². The van der Waals surface area contributed by atoms with E-state index in [1.807, 2.05) is 0 Å². The Hall–Kier alpha value is -0.220. The van der Waals surface area contributed by atoms with Crippen LogP contribution in [0.2, 0.25) is 0 Å². The molecule has 1 rings (SSSR count). The Bertz CT molecular complexity index is 118. The molecule has 0 saturated carbocycles. The van der Waals surface area contributed by atoms with Gasteiger partial charge in [-0.2, -0.15) is 8.78 Å². The lowest BCUT2D eigenvalue weighted by Crippen LogP contribution is -2.36. The van der Waals surface area contributed by atoms with E-state index < -0.39 is 6.11 Å². The van der Waals surface area contributed by atoms with Crippen LogP contribution >= 0.6 is 0 Å². The molecule has 1 saturated heterocycles. The first-order valence-corrected chi connectivity index (χ1v) is 3.84. The fraction of sp³-hybridized carbons (Fsp3) is 1.00. The van der Waals surface area contributed by atoms with Crippen molar-refractivity contribution in [2.24, 2.45) is 0 Å². The first-order valence-electron chi connectivity index (χ1n) is 3.84. The van der Waals surface area contributed by atoms with Gasteiger partial charge in [0.2, 0.25) is 0 Å². The van der Waals surface area contributed by atoms with Crippen LogP contribution in [0.4, 0.5) is 8.78 Å². The zero-order valence-electron chi connectivity index (χ0n) is 6.57. The van der Waals surface area contributed by atoms with Gasteiger partial charge in [-0.1, -0.05) is 0 Å². The molecule has 2 nitrogen and oxygen atoms in total. The Morgan fingerprint density at radius 2 is 1.91 bits per heavy atom. The van der Waals surface area contributed by atoms with E-state index in [2.05, 4.69) is 10.1 Å². The fourth-order valence-electron chi connectivity index (χ4n) is 1.21. The third-order valence-corrected chi connectivity index (χ3v) is 1.66. The molecule has 66 valence electrons. The molecule has 11 heavy (non-hydrogen) atoms. The van der Waals surface area contributed by atoms with Crippen molar-refractivity contribution in [2.75, 3.05) is 13.1 Å². The molecule has 0 unspecified atom stereocenters. The molecular formula is C7H13F2NO. The average molecular weight is 165 g/mol. The molecular weight excluding hydrogens is 152 g/mol. The van der Waals surface area contributed by atoms with Gasteiger partial charge in [0.15, 0.2) is 0 Å². The Morgan fingerprint density at radius 1 is 1.36 bits per heavy atom. The maximum atomic E-state index is 12.3. The molecule has 0 atom stereocenters. The van der Waals surface area contributed by atoms with Gasteiger partial charge in [0.05, 0.1) is 6.10 Å². The minimum atomic E-state index is -2.97. The number of piperidine rings is 1. The standard InChI is InChI=1S/C7H13F2NO/c1-7(8,9)11-6-2-4-10-5-3-6/h6,10H,2-5H2,1H3. The van der Waals surface area contributed by atoms with Crippen molar-refractivity contribution >= 4 is 0 Å². The molecule has 0 aromatic carbocycles. The minimum Gasteiger partial charge on any atom is -0.317 e. The van der Waals surface area contributed by atoms with Gasteiger partial charge in [-0.05, 0) is 25.9 Å². The van der Waals surface area contributed by atoms with Crippen molar-refractivity contribution < 1.29 is 13.5 Å². The molecule has 1 aliphatic rings. The van der Waals surface area contributed by atoms with E-state index in [9.17, 15) is 8.78 Å². The van der Waals surface area contributed by atoms with Crippen LogP contribution in [0, 0.1) is 0 Å². The molecule has 1 fully saturated rings. The average Bonchev–Trinajstić information content (AvgIpc) is 1.85. The van der Waals surface area contributed by atoms with Crippen LogP contribution in [0.1, 0.15) is 19.8 Å². The highest BCUT2D eigenvalue weighted by Crippen LogP contribution is 2.20. The predicted molar refractivity (Wildman–Crippen MR) is 37.6 cm³/mol. The third-order valence-electron chi connectivity index (χ3n) is 1.66. The Balaban J connectivity index is 2.24. The summed E-state index contributed by atoms with van der Waals surface area (Å²) >= 11 is 0. The van der Waals surface area contributed by atoms with Crippen LogP contribution in [-0.2, 0) is 4.74 Å². The topological polar surface area (TPSA) is 21.3 Å². The van der Waals surface area contributed by atoms with Crippen LogP contribution in [0.3, 0.4) is 0 Å². The second kappa shape index (κ2) is 3.45. The SMILES string of the molecule is CC(F)(F)OC1CCNCC1. The summed E-state index contributed by atoms with van der Waals surface area (Å²) in [6.45, 7) is 2.34. The van der Waals surface area contributed by atoms with Gasteiger partial charge in [-0.25, -0.2) is 0 Å². The van der Waals surface area contributed by atoms with Gasteiger partial charge >= 0.3 is 6.11 Å². The number of rotatable bonds is 2. The molecule has 0 aromatic heterocycles. The lowest BCUT2D eigenvalue weighted by Gasteiger charge is -2.25. The van der Waals surface area contributed by atoms with E-state index in [0.717, 1.165) is 20.0 Å². The predicted octanol–water partition coefficient (Wildman–Crippen LogP) is 1.37. The summed E-state index contributed by atoms with van der Waals surface area (Å²) in [5.74, 6) is 0. The summed E-state index contributed by atoms with van der Waals surface area (Å²) in [5, 5.41) is 3.08. The van der Waals surface area contributed by atoms with E-state index in [1.165, 1.54) is 0 Å². The van der Waals surface area contributed by atoms with Crippen LogP contribution in [0.25, 0.3) is 0 Å². The maximum Gasteiger partial charge on any atom is 0.353 e. The first kappa shape index (κ1) is 8.87. The lowest BCUT2D eigenvalue weighted by atomic mass is 10.1. The number of ether oxygens (including phenoxy) is 1. The summed E-state index contributed by atoms with van der Waals surface area (Å²) in [4.78, 5) is 0. The monoisotopic (exact) mass is 165 g/mol. The van der Waals surface area contributed by atoms with Crippen molar-refractivity contribution in [3.63, 3.8) is 0 Å². The molecule has 1 heterocycles. The number of nitrogens with one attached hydrogen (secondary N) is 1. The number of hydrogen-bond donors (Lipinski definition) is 1. The molecule has 0 bridgehead atoms. The van der Waals surface area contributed by atoms with Crippen molar-refractivity contribution in [3.05, 3.63) is 0 Å². The second-order valence-corrected chi connectivity index (χ2v) is 2.88. The molecule has 1 aliphatic heterocycles. The number of alkyl halides is 2. The van der Waals surface area contributed by atoms with Crippen molar-refractivity contribution in [1.29, 1.82) is 0 Å². The highest BCUT2D eigenvalue weighted by Gasteiger charge is 2.27. The van der Waals surface area contributed by atoms with Crippen molar-refractivity contribution in [3.8, 4) is 0 Å². The van der Waals surface area contributed by atoms with Crippen LogP contribution < -0.4 is 5.32 Å². The lowest BCUT2D eigenvalue weighted by molar-refractivity contribution is -0.252. The summed E-state index contributed by atoms with van der Waals surface area (Å²) in [7, 11) is 0. The summed E-state index contributed by atoms with van der Waals surface area (Å²) in [6.07, 6.45) is -1.87. The van der Waals surface area contributed by atoms with E-state index in [-0.39, 0.29) is 6.10 Å². The summed E-state index contributed by atoms with van der Waals surface area (Å²) < 4.78 is 29.0. The second-order valence-electron chi connectivity index (χ2n) is 2.88. The molecule has 0 aliphatic carbocycles. The largest absolute Gasteiger partial charge is 0.353 e. The van der Waals surface area contributed by atoms with Gasteiger partial charge < -0.3 is 10.1 Å². The smallest absolute Gasteiger partial charge is 0.317 e. The van der Waals surface area contributed by atoms with Gasteiger partial charge in [0, 0.05) is 6.92 Å². The van der Waals surface area contributed by atoms with Gasteiger partial charge in [0.25, 0.3) is 0 Å². The maximum absolute atomic E-state index is 12.3. The molecule has 0 radical (unpaired) electrons. The van der Waals surface area contributed by atoms with Crippen LogP contribution in [-0.4, -0.2) is 25.3 Å². The van der Waals surface area contributed by atoms with Crippen LogP contribution in [0.5, 0.6) is 0 Å². The highest BCUT2D eigenvalue weighted by atomic mass is 19.3. The van der Waals surface area contributed by atoms with E-state index >= 15 is 0 Å². The summed E-state index contributed by atoms with van der Waals surface area (Å²) in [5.41, 5.74) is 0. The first-order chi connectivity index (χ1) is 5.08. The fourth-order valence-corrected chi connectivity index (χ4v) is 1.21. The molecule has 4 heteroatoms. The molecule has 0 aromatic rings. The van der Waals surface area contributed by atoms with Gasteiger partial charge in [0.1, 0.15) is 0 Å². The highest BCUT2D eigenvalue weighted by molar-refractivity contribution is 4.68. The summed E-state index contributed by atoms with van der Waals surface area (Å²) in [6, 6.07) is 0. The third kappa shape index (κ3) is 3.62. The minimum absolute atomic E-state index is 0.267. The number of halogens is 2. The molecule has 0 spiro atoms. The Labute approximate surface area is 64.9 Å². The normalized spacial score (nSPS) is 22.1. The number of hydrogen-bond acceptors (Lipinski definition) is 2. The van der Waals surface area contributed by atoms with E-state index in [1.54, 1.807) is 0 Å². The zero-order chi connectivity index (χ0) is 8.32. The Morgan fingerprint density at radius 3 is 2.36 bits per heavy atom. The molecule has 1 N–H and O–H groups in total. The van der Waals surface area contributed by atoms with Crippen LogP contribution in [0.15, 0.2) is 0 Å². The van der Waals surface area contributed by atoms with Gasteiger partial charge in [-0.15, -0.1) is 0 Å². The molecule has 0 amide bonds. The van der Waals surface area contributed by atoms with Crippen molar-refractivity contribution in [2.45, 2.75) is 32.0 Å². The Kier molecular flexibility index (Phi) is 2.78. The zero-order valence-corrected chi connectivity index (χ0v) is 6.57. The quantitative estimate of drug-likeness (QED) is 0.667. The van der Waals surface area contributed by atoms with E-state index in [4.69, 9.17) is 0 Å². The van der Waals surface area contributed by atoms with Crippen molar-refractivity contribution in [1.82, 2.24) is 5.32 Å². The van der Waals surface area contributed by atoms with Gasteiger partial charge in [-0.3, -0.25) is 0 Å².